The Bertz CT molecular complexity index is 576. The molecule has 3 nitrogen and oxygen atoms in total. The highest BCUT2D eigenvalue weighted by Crippen LogP contribution is 2.24. The quantitative estimate of drug-likeness (QED) is 0.867. The molecule has 6 heteroatoms. The molecule has 2 rings (SSSR count). The lowest BCUT2D eigenvalue weighted by atomic mass is 10.2. The smallest absolute Gasteiger partial charge is 0.387 e. The van der Waals surface area contributed by atoms with Crippen molar-refractivity contribution in [2.75, 3.05) is 5.32 Å². The summed E-state index contributed by atoms with van der Waals surface area (Å²) in [5.74, 6) is 0.141. The summed E-state index contributed by atoms with van der Waals surface area (Å²) in [7, 11) is 0. The maximum absolute atomic E-state index is 12.0. The molecule has 0 amide bonds. The Kier molecular flexibility index (Phi) is 4.63. The van der Waals surface area contributed by atoms with Gasteiger partial charge in [0.05, 0.1) is 5.02 Å². The van der Waals surface area contributed by atoms with Gasteiger partial charge in [-0.3, -0.25) is 0 Å². The highest BCUT2D eigenvalue weighted by molar-refractivity contribution is 6.32. The summed E-state index contributed by atoms with van der Waals surface area (Å²) in [6, 6.07) is 11.1. The summed E-state index contributed by atoms with van der Waals surface area (Å²) >= 11 is 5.80. The van der Waals surface area contributed by atoms with Crippen molar-refractivity contribution in [1.82, 2.24) is 0 Å². The highest BCUT2D eigenvalue weighted by atomic mass is 35.5. The van der Waals surface area contributed by atoms with Crippen molar-refractivity contribution >= 4 is 17.3 Å². The van der Waals surface area contributed by atoms with Crippen LogP contribution >= 0.6 is 11.6 Å². The second kappa shape index (κ2) is 6.43. The molecule has 0 aliphatic carbocycles. The Hall–Kier alpha value is -2.01. The first-order valence-electron chi connectivity index (χ1n) is 5.81. The van der Waals surface area contributed by atoms with E-state index in [-0.39, 0.29) is 16.5 Å². The monoisotopic (exact) mass is 299 g/mol. The topological polar surface area (TPSA) is 41.5 Å². The number of aromatic hydroxyl groups is 1. The lowest BCUT2D eigenvalue weighted by molar-refractivity contribution is -0.0498. The van der Waals surface area contributed by atoms with Gasteiger partial charge in [0.1, 0.15) is 11.5 Å². The van der Waals surface area contributed by atoms with Crippen LogP contribution in [0, 0.1) is 0 Å². The van der Waals surface area contributed by atoms with Crippen LogP contribution in [0.15, 0.2) is 42.5 Å². The zero-order valence-corrected chi connectivity index (χ0v) is 11.1. The summed E-state index contributed by atoms with van der Waals surface area (Å²) in [5, 5.41) is 12.7. The largest absolute Gasteiger partial charge is 0.506 e. The summed E-state index contributed by atoms with van der Waals surface area (Å²) in [5.41, 5.74) is 1.65. The van der Waals surface area contributed by atoms with E-state index in [9.17, 15) is 13.9 Å². The molecule has 2 aromatic rings. The number of hydrogen-bond donors (Lipinski definition) is 2. The molecule has 0 saturated heterocycles. The van der Waals surface area contributed by atoms with Gasteiger partial charge in [-0.1, -0.05) is 17.7 Å². The number of phenolic OH excluding ortho intramolecular Hbond substituents is 1. The summed E-state index contributed by atoms with van der Waals surface area (Å²) in [4.78, 5) is 0. The third-order valence-electron chi connectivity index (χ3n) is 2.59. The lowest BCUT2D eigenvalue weighted by Crippen LogP contribution is -2.02. The molecule has 0 spiro atoms. The predicted molar refractivity (Wildman–Crippen MR) is 73.5 cm³/mol. The molecule has 0 heterocycles. The molecular weight excluding hydrogens is 288 g/mol. The minimum absolute atomic E-state index is 0.0314. The van der Waals surface area contributed by atoms with E-state index in [1.165, 1.54) is 18.2 Å². The second-order valence-electron chi connectivity index (χ2n) is 4.04. The van der Waals surface area contributed by atoms with Crippen LogP contribution in [0.2, 0.25) is 5.02 Å². The maximum Gasteiger partial charge on any atom is 0.387 e. The van der Waals surface area contributed by atoms with Crippen LogP contribution in [0.1, 0.15) is 5.56 Å². The van der Waals surface area contributed by atoms with Crippen molar-refractivity contribution < 1.29 is 18.6 Å². The SMILES string of the molecule is Oc1ccc(CNc2ccc(OC(F)F)cc2)cc1Cl. The molecule has 0 aliphatic heterocycles. The van der Waals surface area contributed by atoms with Crippen LogP contribution in [0.25, 0.3) is 0 Å². The zero-order chi connectivity index (χ0) is 14.5. The van der Waals surface area contributed by atoms with Crippen LogP contribution in [-0.2, 0) is 6.54 Å². The molecule has 0 unspecified atom stereocenters. The Morgan fingerprint density at radius 3 is 2.45 bits per heavy atom. The second-order valence-corrected chi connectivity index (χ2v) is 4.45. The predicted octanol–water partition coefficient (Wildman–Crippen LogP) is 4.26. The van der Waals surface area contributed by atoms with Crippen molar-refractivity contribution in [1.29, 1.82) is 0 Å². The standard InChI is InChI=1S/C14H12ClF2NO2/c15-12-7-9(1-6-13(12)19)8-18-10-2-4-11(5-3-10)20-14(16)17/h1-7,14,18-19H,8H2. The molecule has 0 radical (unpaired) electrons. The number of nitrogens with one attached hydrogen (secondary N) is 1. The van der Waals surface area contributed by atoms with Gasteiger partial charge in [0, 0.05) is 12.2 Å². The number of benzene rings is 2. The first-order valence-corrected chi connectivity index (χ1v) is 6.18. The Morgan fingerprint density at radius 1 is 1.15 bits per heavy atom. The molecular formula is C14H12ClF2NO2. The Labute approximate surface area is 119 Å². The third kappa shape index (κ3) is 3.99. The number of hydrogen-bond acceptors (Lipinski definition) is 3. The van der Waals surface area contributed by atoms with Crippen molar-refractivity contribution in [3.8, 4) is 11.5 Å². The normalized spacial score (nSPS) is 10.6. The fourth-order valence-electron chi connectivity index (χ4n) is 1.62. The number of phenols is 1. The average molecular weight is 300 g/mol. The average Bonchev–Trinajstić information content (AvgIpc) is 2.41. The highest BCUT2D eigenvalue weighted by Gasteiger charge is 2.04. The van der Waals surface area contributed by atoms with Crippen LogP contribution < -0.4 is 10.1 Å². The van der Waals surface area contributed by atoms with Crippen LogP contribution in [-0.4, -0.2) is 11.7 Å². The van der Waals surface area contributed by atoms with E-state index in [1.54, 1.807) is 24.3 Å². The van der Waals surface area contributed by atoms with Gasteiger partial charge in [-0.05, 0) is 42.0 Å². The Morgan fingerprint density at radius 2 is 1.85 bits per heavy atom. The van der Waals surface area contributed by atoms with E-state index in [4.69, 9.17) is 11.6 Å². The molecule has 0 bridgehead atoms. The van der Waals surface area contributed by atoms with E-state index in [2.05, 4.69) is 10.1 Å². The van der Waals surface area contributed by atoms with E-state index in [1.807, 2.05) is 0 Å². The van der Waals surface area contributed by atoms with E-state index in [0.717, 1.165) is 11.3 Å². The summed E-state index contributed by atoms with van der Waals surface area (Å²) in [6.07, 6.45) is 0. The molecule has 20 heavy (non-hydrogen) atoms. The number of anilines is 1. The third-order valence-corrected chi connectivity index (χ3v) is 2.89. The van der Waals surface area contributed by atoms with Gasteiger partial charge >= 0.3 is 6.61 Å². The van der Waals surface area contributed by atoms with Crippen molar-refractivity contribution in [3.63, 3.8) is 0 Å². The van der Waals surface area contributed by atoms with Crippen LogP contribution in [0.3, 0.4) is 0 Å². The molecule has 2 aromatic carbocycles. The van der Waals surface area contributed by atoms with Gasteiger partial charge < -0.3 is 15.2 Å². The molecule has 106 valence electrons. The van der Waals surface area contributed by atoms with Gasteiger partial charge in [0.15, 0.2) is 0 Å². The molecule has 0 atom stereocenters. The first-order chi connectivity index (χ1) is 9.54. The van der Waals surface area contributed by atoms with Crippen LogP contribution in [0.4, 0.5) is 14.5 Å². The molecule has 0 aromatic heterocycles. The van der Waals surface area contributed by atoms with Crippen molar-refractivity contribution in [2.24, 2.45) is 0 Å². The van der Waals surface area contributed by atoms with Crippen molar-refractivity contribution in [3.05, 3.63) is 53.1 Å². The van der Waals surface area contributed by atoms with Crippen molar-refractivity contribution in [2.45, 2.75) is 13.2 Å². The number of alkyl halides is 2. The van der Waals surface area contributed by atoms with E-state index >= 15 is 0 Å². The van der Waals surface area contributed by atoms with Gasteiger partial charge in [-0.25, -0.2) is 0 Å². The maximum atomic E-state index is 12.0. The number of ether oxygens (including phenoxy) is 1. The van der Waals surface area contributed by atoms with Gasteiger partial charge in [0.2, 0.25) is 0 Å². The van der Waals surface area contributed by atoms with Gasteiger partial charge in [-0.15, -0.1) is 0 Å². The molecule has 0 saturated carbocycles. The lowest BCUT2D eigenvalue weighted by Gasteiger charge is -2.09. The van der Waals surface area contributed by atoms with Gasteiger partial charge in [0.25, 0.3) is 0 Å². The fourth-order valence-corrected chi connectivity index (χ4v) is 1.82. The molecule has 2 N–H and O–H groups in total. The van der Waals surface area contributed by atoms with E-state index < -0.39 is 6.61 Å². The van der Waals surface area contributed by atoms with Crippen LogP contribution in [0.5, 0.6) is 11.5 Å². The number of rotatable bonds is 5. The fraction of sp³-hybridized carbons (Fsp3) is 0.143. The van der Waals surface area contributed by atoms with Gasteiger partial charge in [-0.2, -0.15) is 8.78 Å². The summed E-state index contributed by atoms with van der Waals surface area (Å²) < 4.78 is 28.2. The number of halogens is 3. The van der Waals surface area contributed by atoms with E-state index in [0.29, 0.717) is 6.54 Å². The Balaban J connectivity index is 1.95. The molecule has 0 fully saturated rings. The molecule has 0 aliphatic rings. The first kappa shape index (κ1) is 14.4. The summed E-state index contributed by atoms with van der Waals surface area (Å²) in [6.45, 7) is -2.33. The zero-order valence-electron chi connectivity index (χ0n) is 10.3. The minimum Gasteiger partial charge on any atom is -0.506 e. The minimum atomic E-state index is -2.83.